The zero-order valence-electron chi connectivity index (χ0n) is 19.9. The fraction of sp³-hybridized carbons (Fsp3) is 0.0741. The van der Waals surface area contributed by atoms with Crippen LogP contribution in [0.2, 0.25) is 0 Å². The van der Waals surface area contributed by atoms with Gasteiger partial charge in [-0.1, -0.05) is 24.3 Å². The van der Waals surface area contributed by atoms with Gasteiger partial charge in [-0.25, -0.2) is 20.4 Å². The van der Waals surface area contributed by atoms with Crippen LogP contribution in [0.3, 0.4) is 0 Å². The molecule has 0 unspecified atom stereocenters. The van der Waals surface area contributed by atoms with Gasteiger partial charge in [-0.3, -0.25) is 9.20 Å². The second kappa shape index (κ2) is 10.5. The number of nitrogen functional groups attached to an aromatic ring is 1. The van der Waals surface area contributed by atoms with Crippen LogP contribution < -0.4 is 15.8 Å². The lowest BCUT2D eigenvalue weighted by Crippen LogP contribution is -2.06. The van der Waals surface area contributed by atoms with Crippen molar-refractivity contribution in [3.8, 4) is 28.3 Å². The van der Waals surface area contributed by atoms with Crippen LogP contribution in [0.1, 0.15) is 13.8 Å². The number of aliphatic imine (C=N–C) groups is 1. The molecule has 0 aliphatic heterocycles. The van der Waals surface area contributed by atoms with E-state index >= 15 is 0 Å². The van der Waals surface area contributed by atoms with Gasteiger partial charge in [0.1, 0.15) is 11.4 Å². The van der Waals surface area contributed by atoms with Gasteiger partial charge in [-0.05, 0) is 68.5 Å². The average molecular weight is 480 g/mol. The number of carbonyl (C=O) groups is 1. The molecule has 4 N–H and O–H groups in total. The number of allylic oxidation sites excluding steroid dienone is 2. The van der Waals surface area contributed by atoms with E-state index in [2.05, 4.69) is 21.9 Å². The van der Waals surface area contributed by atoms with Gasteiger partial charge in [-0.15, -0.1) is 0 Å². The molecule has 2 aromatic heterocycles. The highest BCUT2D eigenvalue weighted by Crippen LogP contribution is 2.35. The number of hydrogen-bond acceptors (Lipinski definition) is 6. The van der Waals surface area contributed by atoms with E-state index in [-0.39, 0.29) is 11.9 Å². The minimum absolute atomic E-state index is 0.215. The summed E-state index contributed by atoms with van der Waals surface area (Å²) in [6.45, 7) is 7.36. The number of fused-ring (bicyclic) bond motifs is 1. The number of carbonyl (C=O) groups excluding carboxylic acids is 1. The van der Waals surface area contributed by atoms with Gasteiger partial charge in [0.25, 0.3) is 0 Å². The summed E-state index contributed by atoms with van der Waals surface area (Å²) >= 11 is 0. The standard InChI is InChI=1S/C27H25N7O2/c1-4-23(35)32-20-9-5-18(6-10-20)24-25(34-22(33-24)14-16-30-26(34)28)19-7-11-21(12-8-19)36-27(29)31-15-13-17(2)3/h4-16,29H,1H2,2-3H3,(H2,28,30)(H,32,35)/b29-27?,31-15-. The van der Waals surface area contributed by atoms with E-state index < -0.39 is 0 Å². The quantitative estimate of drug-likeness (QED) is 0.201. The molecule has 0 aliphatic rings. The number of amidine groups is 1. The normalized spacial score (nSPS) is 10.8. The van der Waals surface area contributed by atoms with Crippen molar-refractivity contribution in [2.45, 2.75) is 13.8 Å². The highest BCUT2D eigenvalue weighted by atomic mass is 16.5. The first-order valence-electron chi connectivity index (χ1n) is 11.1. The summed E-state index contributed by atoms with van der Waals surface area (Å²) in [5.74, 6) is 0.488. The van der Waals surface area contributed by atoms with Gasteiger partial charge in [0.2, 0.25) is 11.9 Å². The predicted octanol–water partition coefficient (Wildman–Crippen LogP) is 5.12. The predicted molar refractivity (Wildman–Crippen MR) is 143 cm³/mol. The summed E-state index contributed by atoms with van der Waals surface area (Å²) in [5, 5.41) is 10.6. The molecule has 0 saturated carbocycles. The third-order valence-electron chi connectivity index (χ3n) is 5.12. The van der Waals surface area contributed by atoms with Crippen LogP contribution in [0.15, 0.2) is 90.1 Å². The van der Waals surface area contributed by atoms with Crippen LogP contribution in [0, 0.1) is 5.41 Å². The number of amides is 1. The van der Waals surface area contributed by atoms with E-state index in [1.54, 1.807) is 47.0 Å². The summed E-state index contributed by atoms with van der Waals surface area (Å²) in [7, 11) is 0. The van der Waals surface area contributed by atoms with Crippen LogP contribution in [-0.4, -0.2) is 32.5 Å². The van der Waals surface area contributed by atoms with Crippen molar-refractivity contribution in [3.05, 3.63) is 85.1 Å². The van der Waals surface area contributed by atoms with Crippen molar-refractivity contribution >= 4 is 35.4 Å². The third kappa shape index (κ3) is 5.36. The Hall–Kier alpha value is -5.05. The lowest BCUT2D eigenvalue weighted by Gasteiger charge is -2.09. The first-order chi connectivity index (χ1) is 17.4. The Morgan fingerprint density at radius 3 is 2.47 bits per heavy atom. The molecule has 0 atom stereocenters. The lowest BCUT2D eigenvalue weighted by atomic mass is 10.0. The fourth-order valence-corrected chi connectivity index (χ4v) is 3.46. The molecule has 36 heavy (non-hydrogen) atoms. The number of nitrogens with one attached hydrogen (secondary N) is 2. The van der Waals surface area contributed by atoms with Gasteiger partial charge in [0.05, 0.1) is 11.4 Å². The maximum atomic E-state index is 11.6. The number of nitrogens with zero attached hydrogens (tertiary/aromatic N) is 4. The maximum Gasteiger partial charge on any atom is 0.314 e. The molecule has 9 heteroatoms. The molecule has 4 rings (SSSR count). The monoisotopic (exact) mass is 479 g/mol. The largest absolute Gasteiger partial charge is 0.425 e. The van der Waals surface area contributed by atoms with E-state index in [0.717, 1.165) is 22.4 Å². The first kappa shape index (κ1) is 24.1. The molecule has 4 aromatic rings. The van der Waals surface area contributed by atoms with Crippen LogP contribution in [0.4, 0.5) is 11.6 Å². The Labute approximate surface area is 208 Å². The van der Waals surface area contributed by atoms with Crippen molar-refractivity contribution in [1.82, 2.24) is 14.4 Å². The maximum absolute atomic E-state index is 11.6. The molecule has 0 fully saturated rings. The van der Waals surface area contributed by atoms with Gasteiger partial charge < -0.3 is 15.8 Å². The number of nitrogens with two attached hydrogens (primary N) is 1. The zero-order valence-corrected chi connectivity index (χ0v) is 19.9. The van der Waals surface area contributed by atoms with E-state index in [1.807, 2.05) is 38.1 Å². The van der Waals surface area contributed by atoms with Crippen LogP contribution in [0.5, 0.6) is 5.75 Å². The third-order valence-corrected chi connectivity index (χ3v) is 5.12. The molecule has 9 nitrogen and oxygen atoms in total. The second-order valence-electron chi connectivity index (χ2n) is 8.03. The Kier molecular flexibility index (Phi) is 7.01. The number of anilines is 2. The topological polar surface area (TPSA) is 131 Å². The number of benzene rings is 2. The van der Waals surface area contributed by atoms with E-state index in [1.165, 1.54) is 12.3 Å². The number of imidazole rings is 1. The average Bonchev–Trinajstić information content (AvgIpc) is 3.25. The van der Waals surface area contributed by atoms with Crippen LogP contribution >= 0.6 is 0 Å². The molecular weight excluding hydrogens is 454 g/mol. The van der Waals surface area contributed by atoms with E-state index in [9.17, 15) is 4.79 Å². The molecule has 0 aliphatic carbocycles. The Morgan fingerprint density at radius 2 is 1.81 bits per heavy atom. The van der Waals surface area contributed by atoms with Crippen molar-refractivity contribution in [2.75, 3.05) is 11.1 Å². The van der Waals surface area contributed by atoms with Crippen LogP contribution in [0.25, 0.3) is 28.2 Å². The fourth-order valence-electron chi connectivity index (χ4n) is 3.46. The molecule has 180 valence electrons. The van der Waals surface area contributed by atoms with Gasteiger partial charge in [0.15, 0.2) is 0 Å². The summed E-state index contributed by atoms with van der Waals surface area (Å²) in [5.41, 5.74) is 11.7. The van der Waals surface area contributed by atoms with Gasteiger partial charge >= 0.3 is 6.02 Å². The Morgan fingerprint density at radius 1 is 1.11 bits per heavy atom. The molecule has 2 aromatic carbocycles. The summed E-state index contributed by atoms with van der Waals surface area (Å²) in [6, 6.07) is 16.1. The molecule has 1 amide bonds. The Bertz CT molecular complexity index is 1490. The summed E-state index contributed by atoms with van der Waals surface area (Å²) in [6.07, 6.45) is 6.15. The second-order valence-corrected chi connectivity index (χ2v) is 8.03. The molecule has 0 bridgehead atoms. The highest BCUT2D eigenvalue weighted by molar-refractivity contribution is 5.99. The summed E-state index contributed by atoms with van der Waals surface area (Å²) < 4.78 is 7.29. The number of hydrogen-bond donors (Lipinski definition) is 3. The number of ether oxygens (including phenoxy) is 1. The zero-order chi connectivity index (χ0) is 25.7. The number of rotatable bonds is 6. The minimum Gasteiger partial charge on any atom is -0.425 e. The minimum atomic E-state index is -0.284. The van der Waals surface area contributed by atoms with Crippen molar-refractivity contribution in [1.29, 1.82) is 5.41 Å². The highest BCUT2D eigenvalue weighted by Gasteiger charge is 2.18. The molecule has 2 heterocycles. The smallest absolute Gasteiger partial charge is 0.314 e. The van der Waals surface area contributed by atoms with E-state index in [0.29, 0.717) is 28.7 Å². The SMILES string of the molecule is C=CC(=O)Nc1ccc(-c2nc3ccnc(N)n3c2-c2ccc(OC(=N)/N=C\C=C(C)C)cc2)cc1. The molecule has 0 saturated heterocycles. The molecule has 0 spiro atoms. The summed E-state index contributed by atoms with van der Waals surface area (Å²) in [4.78, 5) is 24.6. The van der Waals surface area contributed by atoms with Crippen LogP contribution in [-0.2, 0) is 4.79 Å². The van der Waals surface area contributed by atoms with Crippen molar-refractivity contribution in [2.24, 2.45) is 4.99 Å². The first-order valence-corrected chi connectivity index (χ1v) is 11.1. The number of aromatic nitrogens is 3. The van der Waals surface area contributed by atoms with Crippen molar-refractivity contribution < 1.29 is 9.53 Å². The van der Waals surface area contributed by atoms with Crippen molar-refractivity contribution in [3.63, 3.8) is 0 Å². The lowest BCUT2D eigenvalue weighted by molar-refractivity contribution is -0.111. The molecular formula is C27H25N7O2. The van der Waals surface area contributed by atoms with E-state index in [4.69, 9.17) is 20.9 Å². The van der Waals surface area contributed by atoms with Gasteiger partial charge in [0, 0.05) is 29.2 Å². The Balaban J connectivity index is 1.69. The molecule has 0 radical (unpaired) electrons. The van der Waals surface area contributed by atoms with Gasteiger partial charge in [-0.2, -0.15) is 0 Å².